The number of hydrogen-bond acceptors (Lipinski definition) is 2. The number of aryl methyl sites for hydroxylation is 1. The van der Waals surface area contributed by atoms with Gasteiger partial charge in [0.1, 0.15) is 5.76 Å². The molecule has 0 amide bonds. The molecule has 1 unspecified atom stereocenters. The van der Waals surface area contributed by atoms with Gasteiger partial charge in [0.25, 0.3) is 0 Å². The van der Waals surface area contributed by atoms with Gasteiger partial charge in [0.2, 0.25) is 0 Å². The first kappa shape index (κ1) is 21.7. The number of anilines is 1. The standard InChI is InChI=1S/C21H30ClN3OS/c1-4-5-11-24(3)12-7-13-25(16-19-8-6-14-26-19)21(27)23-18-10-9-17(2)20(22)15-18/h6,8-10,14-15H,4-5,7,11-13,16H2,1-3H3,(H,23,27)/p+1. The van der Waals surface area contributed by atoms with E-state index in [1.54, 1.807) is 11.2 Å². The quantitative estimate of drug-likeness (QED) is 0.578. The molecule has 27 heavy (non-hydrogen) atoms. The van der Waals surface area contributed by atoms with E-state index in [2.05, 4.69) is 24.2 Å². The van der Waals surface area contributed by atoms with E-state index in [0.717, 1.165) is 41.5 Å². The number of thiocarbonyl (C=S) groups is 1. The number of halogens is 1. The Hall–Kier alpha value is -1.56. The Labute approximate surface area is 173 Å². The van der Waals surface area contributed by atoms with Crippen LogP contribution in [0.2, 0.25) is 5.02 Å². The molecule has 0 bridgehead atoms. The average Bonchev–Trinajstić information content (AvgIpc) is 3.15. The largest absolute Gasteiger partial charge is 0.467 e. The number of hydrogen-bond donors (Lipinski definition) is 2. The van der Waals surface area contributed by atoms with E-state index in [1.807, 2.05) is 37.3 Å². The molecule has 0 radical (unpaired) electrons. The van der Waals surface area contributed by atoms with Crippen LogP contribution < -0.4 is 10.2 Å². The first-order chi connectivity index (χ1) is 13.0. The molecule has 0 fully saturated rings. The Balaban J connectivity index is 1.95. The van der Waals surface area contributed by atoms with Crippen LogP contribution in [0, 0.1) is 6.92 Å². The third-order valence-electron chi connectivity index (χ3n) is 4.63. The maximum absolute atomic E-state index is 6.24. The van der Waals surface area contributed by atoms with Crippen molar-refractivity contribution in [1.82, 2.24) is 4.90 Å². The second kappa shape index (κ2) is 11.3. The van der Waals surface area contributed by atoms with E-state index in [0.29, 0.717) is 11.7 Å². The summed E-state index contributed by atoms with van der Waals surface area (Å²) in [5.74, 6) is 0.910. The average molecular weight is 409 g/mol. The Morgan fingerprint density at radius 2 is 2.04 bits per heavy atom. The molecule has 0 aliphatic heterocycles. The zero-order chi connectivity index (χ0) is 19.6. The first-order valence-electron chi connectivity index (χ1n) is 9.65. The molecule has 0 aliphatic carbocycles. The summed E-state index contributed by atoms with van der Waals surface area (Å²) in [4.78, 5) is 3.73. The molecule has 1 aromatic heterocycles. The van der Waals surface area contributed by atoms with Crippen molar-refractivity contribution in [2.75, 3.05) is 32.0 Å². The molecule has 148 valence electrons. The molecule has 4 nitrogen and oxygen atoms in total. The fourth-order valence-electron chi connectivity index (χ4n) is 2.89. The van der Waals surface area contributed by atoms with Crippen LogP contribution in [0.25, 0.3) is 0 Å². The monoisotopic (exact) mass is 408 g/mol. The highest BCUT2D eigenvalue weighted by Crippen LogP contribution is 2.20. The second-order valence-corrected chi connectivity index (χ2v) is 7.85. The van der Waals surface area contributed by atoms with E-state index in [4.69, 9.17) is 28.2 Å². The molecular weight excluding hydrogens is 378 g/mol. The van der Waals surface area contributed by atoms with Crippen LogP contribution in [-0.2, 0) is 6.54 Å². The summed E-state index contributed by atoms with van der Waals surface area (Å²) < 4.78 is 5.52. The number of furan rings is 1. The zero-order valence-electron chi connectivity index (χ0n) is 16.6. The van der Waals surface area contributed by atoms with Crippen molar-refractivity contribution in [2.24, 2.45) is 0 Å². The second-order valence-electron chi connectivity index (χ2n) is 7.06. The smallest absolute Gasteiger partial charge is 0.173 e. The fourth-order valence-corrected chi connectivity index (χ4v) is 3.35. The van der Waals surface area contributed by atoms with Gasteiger partial charge in [-0.3, -0.25) is 0 Å². The number of nitrogens with one attached hydrogen (secondary N) is 2. The molecule has 0 aliphatic rings. The van der Waals surface area contributed by atoms with Crippen LogP contribution in [0.1, 0.15) is 37.5 Å². The molecule has 1 aromatic carbocycles. The van der Waals surface area contributed by atoms with E-state index < -0.39 is 0 Å². The third kappa shape index (κ3) is 7.53. The van der Waals surface area contributed by atoms with Gasteiger partial charge in [0, 0.05) is 23.7 Å². The van der Waals surface area contributed by atoms with Gasteiger partial charge in [-0.2, -0.15) is 0 Å². The predicted octanol–water partition coefficient (Wildman–Crippen LogP) is 4.15. The van der Waals surface area contributed by atoms with Crippen molar-refractivity contribution in [3.63, 3.8) is 0 Å². The Kier molecular flexibility index (Phi) is 9.11. The highest BCUT2D eigenvalue weighted by atomic mass is 35.5. The van der Waals surface area contributed by atoms with Gasteiger partial charge in [-0.25, -0.2) is 0 Å². The van der Waals surface area contributed by atoms with Gasteiger partial charge >= 0.3 is 0 Å². The van der Waals surface area contributed by atoms with Crippen LogP contribution in [0.4, 0.5) is 5.69 Å². The molecular formula is C21H31ClN3OS+. The Morgan fingerprint density at radius 1 is 1.26 bits per heavy atom. The SMILES string of the molecule is CCCC[NH+](C)CCCN(Cc1ccco1)C(=S)Nc1ccc(C)c(Cl)c1. The third-order valence-corrected chi connectivity index (χ3v) is 5.39. The zero-order valence-corrected chi connectivity index (χ0v) is 18.1. The van der Waals surface area contributed by atoms with E-state index in [9.17, 15) is 0 Å². The highest BCUT2D eigenvalue weighted by molar-refractivity contribution is 7.80. The number of nitrogens with zero attached hydrogens (tertiary/aromatic N) is 1. The minimum absolute atomic E-state index is 0.659. The summed E-state index contributed by atoms with van der Waals surface area (Å²) in [5.41, 5.74) is 1.96. The molecule has 0 saturated heterocycles. The molecule has 1 atom stereocenters. The van der Waals surface area contributed by atoms with Crippen molar-refractivity contribution in [1.29, 1.82) is 0 Å². The van der Waals surface area contributed by atoms with Crippen LogP contribution in [-0.4, -0.2) is 36.7 Å². The van der Waals surface area contributed by atoms with E-state index in [-0.39, 0.29) is 0 Å². The van der Waals surface area contributed by atoms with Crippen LogP contribution in [0.15, 0.2) is 41.0 Å². The minimum Gasteiger partial charge on any atom is -0.467 e. The number of unbranched alkanes of at least 4 members (excludes halogenated alkanes) is 1. The molecule has 0 spiro atoms. The number of quaternary nitrogens is 1. The lowest BCUT2D eigenvalue weighted by Gasteiger charge is -2.26. The lowest BCUT2D eigenvalue weighted by atomic mass is 10.2. The predicted molar refractivity (Wildman–Crippen MR) is 118 cm³/mol. The van der Waals surface area contributed by atoms with Crippen molar-refractivity contribution in [3.8, 4) is 0 Å². The summed E-state index contributed by atoms with van der Waals surface area (Å²) >= 11 is 11.9. The summed E-state index contributed by atoms with van der Waals surface area (Å²) in [6.45, 7) is 8.12. The van der Waals surface area contributed by atoms with Gasteiger partial charge in [-0.05, 0) is 55.4 Å². The van der Waals surface area contributed by atoms with E-state index >= 15 is 0 Å². The van der Waals surface area contributed by atoms with Crippen LogP contribution in [0.5, 0.6) is 0 Å². The van der Waals surface area contributed by atoms with Gasteiger partial charge in [0.15, 0.2) is 5.11 Å². The Bertz CT molecular complexity index is 705. The van der Waals surface area contributed by atoms with Crippen molar-refractivity contribution >= 4 is 34.6 Å². The highest BCUT2D eigenvalue weighted by Gasteiger charge is 2.14. The maximum Gasteiger partial charge on any atom is 0.173 e. The first-order valence-corrected chi connectivity index (χ1v) is 10.4. The maximum atomic E-state index is 6.24. The summed E-state index contributed by atoms with van der Waals surface area (Å²) in [6.07, 6.45) is 5.30. The molecule has 1 heterocycles. The minimum atomic E-state index is 0.659. The summed E-state index contributed by atoms with van der Waals surface area (Å²) in [6, 6.07) is 9.80. The fraction of sp³-hybridized carbons (Fsp3) is 0.476. The topological polar surface area (TPSA) is 32.9 Å². The van der Waals surface area contributed by atoms with Gasteiger partial charge < -0.3 is 19.5 Å². The summed E-state index contributed by atoms with van der Waals surface area (Å²) in [5, 5.41) is 4.75. The molecule has 0 saturated carbocycles. The molecule has 2 N–H and O–H groups in total. The normalized spacial score (nSPS) is 12.0. The van der Waals surface area contributed by atoms with Crippen LogP contribution in [0.3, 0.4) is 0 Å². The van der Waals surface area contributed by atoms with Crippen LogP contribution >= 0.6 is 23.8 Å². The number of benzene rings is 1. The number of rotatable bonds is 10. The molecule has 2 aromatic rings. The Morgan fingerprint density at radius 3 is 2.70 bits per heavy atom. The van der Waals surface area contributed by atoms with Crippen molar-refractivity contribution in [2.45, 2.75) is 39.7 Å². The summed E-state index contributed by atoms with van der Waals surface area (Å²) in [7, 11) is 2.26. The molecule has 6 heteroatoms. The lowest BCUT2D eigenvalue weighted by Crippen LogP contribution is -3.09. The van der Waals surface area contributed by atoms with Crippen molar-refractivity contribution in [3.05, 3.63) is 52.9 Å². The van der Waals surface area contributed by atoms with Gasteiger partial charge in [-0.1, -0.05) is 31.0 Å². The van der Waals surface area contributed by atoms with Gasteiger partial charge in [-0.15, -0.1) is 0 Å². The van der Waals surface area contributed by atoms with Crippen molar-refractivity contribution < 1.29 is 9.32 Å². The molecule has 2 rings (SSSR count). The van der Waals surface area contributed by atoms with E-state index in [1.165, 1.54) is 19.4 Å². The lowest BCUT2D eigenvalue weighted by molar-refractivity contribution is -0.880. The van der Waals surface area contributed by atoms with Gasteiger partial charge in [0.05, 0.1) is 32.9 Å².